The summed E-state index contributed by atoms with van der Waals surface area (Å²) in [4.78, 5) is 12.7. The first-order valence-corrected chi connectivity index (χ1v) is 13.8. The van der Waals surface area contributed by atoms with Gasteiger partial charge in [0.1, 0.15) is 11.6 Å². The van der Waals surface area contributed by atoms with Crippen molar-refractivity contribution in [3.05, 3.63) is 126 Å². The molecule has 5 aromatic rings. The third-order valence-corrected chi connectivity index (χ3v) is 8.29. The number of para-hydroxylation sites is 1. The summed E-state index contributed by atoms with van der Waals surface area (Å²) < 4.78 is 8.26. The van der Waals surface area contributed by atoms with Gasteiger partial charge in [0.2, 0.25) is 0 Å². The molecule has 0 bridgehead atoms. The van der Waals surface area contributed by atoms with Crippen molar-refractivity contribution in [3.63, 3.8) is 0 Å². The van der Waals surface area contributed by atoms with Crippen LogP contribution in [0.5, 0.6) is 5.75 Å². The van der Waals surface area contributed by atoms with Gasteiger partial charge in [0, 0.05) is 37.2 Å². The summed E-state index contributed by atoms with van der Waals surface area (Å²) in [5.74, 6) is 4.27. The normalized spacial score (nSPS) is 20.1. The van der Waals surface area contributed by atoms with Gasteiger partial charge in [-0.25, -0.2) is 9.98 Å². The summed E-state index contributed by atoms with van der Waals surface area (Å²) in [6, 6.07) is 37.3. The molecule has 5 nitrogen and oxygen atoms in total. The third-order valence-electron chi connectivity index (χ3n) is 8.29. The van der Waals surface area contributed by atoms with E-state index in [2.05, 4.69) is 83.2 Å². The van der Waals surface area contributed by atoms with E-state index in [1.807, 2.05) is 42.5 Å². The molecular formula is C34H32N4O. The molecule has 5 heteroatoms. The van der Waals surface area contributed by atoms with Crippen molar-refractivity contribution in [1.29, 1.82) is 0 Å². The van der Waals surface area contributed by atoms with Crippen LogP contribution in [0.1, 0.15) is 17.0 Å². The molecule has 194 valence electrons. The Labute approximate surface area is 229 Å². The van der Waals surface area contributed by atoms with Gasteiger partial charge in [-0.1, -0.05) is 78.9 Å². The predicted octanol–water partition coefficient (Wildman–Crippen LogP) is 6.50. The van der Waals surface area contributed by atoms with Gasteiger partial charge in [0.15, 0.2) is 0 Å². The number of aryl methyl sites for hydroxylation is 1. The lowest BCUT2D eigenvalue weighted by molar-refractivity contribution is 0.226. The Morgan fingerprint density at radius 2 is 1.44 bits per heavy atom. The van der Waals surface area contributed by atoms with E-state index >= 15 is 0 Å². The van der Waals surface area contributed by atoms with E-state index in [9.17, 15) is 0 Å². The van der Waals surface area contributed by atoms with Crippen LogP contribution in [0, 0.1) is 17.8 Å². The summed E-state index contributed by atoms with van der Waals surface area (Å²) in [5, 5.41) is 0. The topological polar surface area (TPSA) is 42.6 Å². The van der Waals surface area contributed by atoms with Gasteiger partial charge in [-0.3, -0.25) is 4.90 Å². The monoisotopic (exact) mass is 512 g/mol. The maximum atomic E-state index is 6.03. The number of likely N-dealkylation sites (tertiary alicyclic amines) is 1. The zero-order chi connectivity index (χ0) is 26.2. The van der Waals surface area contributed by atoms with Gasteiger partial charge in [-0.15, -0.1) is 0 Å². The van der Waals surface area contributed by atoms with Crippen molar-refractivity contribution in [2.24, 2.45) is 29.8 Å². The second-order valence-electron chi connectivity index (χ2n) is 10.8. The lowest BCUT2D eigenvalue weighted by atomic mass is 10.0. The Morgan fingerprint density at radius 1 is 0.821 bits per heavy atom. The summed E-state index contributed by atoms with van der Waals surface area (Å²) in [5.41, 5.74) is 6.25. The quantitative estimate of drug-likeness (QED) is 0.223. The Kier molecular flexibility index (Phi) is 6.22. The van der Waals surface area contributed by atoms with Gasteiger partial charge >= 0.3 is 0 Å². The van der Waals surface area contributed by atoms with Crippen LogP contribution in [0.15, 0.2) is 114 Å². The van der Waals surface area contributed by atoms with Crippen molar-refractivity contribution in [1.82, 2.24) is 14.5 Å². The second kappa shape index (κ2) is 10.2. The maximum Gasteiger partial charge on any atom is 0.123 e. The molecule has 1 saturated heterocycles. The second-order valence-corrected chi connectivity index (χ2v) is 10.8. The zero-order valence-electron chi connectivity index (χ0n) is 22.1. The molecular weight excluding hydrogens is 480 g/mol. The molecule has 0 radical (unpaired) electrons. The lowest BCUT2D eigenvalue weighted by Crippen LogP contribution is -2.26. The maximum absolute atomic E-state index is 6.03. The molecule has 2 fully saturated rings. The van der Waals surface area contributed by atoms with Crippen molar-refractivity contribution >= 4 is 22.4 Å². The summed E-state index contributed by atoms with van der Waals surface area (Å²) >= 11 is 0. The molecule has 39 heavy (non-hydrogen) atoms. The number of aliphatic imine (C=N–C) groups is 1. The first-order valence-electron chi connectivity index (χ1n) is 13.8. The number of nitrogens with zero attached hydrogens (tertiary/aromatic N) is 4. The van der Waals surface area contributed by atoms with E-state index in [0.717, 1.165) is 83.2 Å². The van der Waals surface area contributed by atoms with E-state index in [1.54, 1.807) is 0 Å². The lowest BCUT2D eigenvalue weighted by Gasteiger charge is -2.19. The van der Waals surface area contributed by atoms with Crippen LogP contribution in [-0.2, 0) is 13.6 Å². The zero-order valence-corrected chi connectivity index (χ0v) is 22.1. The Morgan fingerprint density at radius 3 is 2.08 bits per heavy atom. The minimum Gasteiger partial charge on any atom is -0.493 e. The molecule has 2 aliphatic rings. The van der Waals surface area contributed by atoms with E-state index in [-0.39, 0.29) is 0 Å². The third kappa shape index (κ3) is 4.86. The number of hydrogen-bond donors (Lipinski definition) is 0. The molecule has 0 amide bonds. The number of fused-ring (bicyclic) bond motifs is 2. The van der Waals surface area contributed by atoms with Crippen LogP contribution in [0.25, 0.3) is 11.0 Å². The highest BCUT2D eigenvalue weighted by molar-refractivity contribution is 6.14. The van der Waals surface area contributed by atoms with E-state index < -0.39 is 0 Å². The Balaban J connectivity index is 1.06. The van der Waals surface area contributed by atoms with E-state index in [4.69, 9.17) is 14.7 Å². The fourth-order valence-electron chi connectivity index (χ4n) is 6.08. The number of aromatic nitrogens is 2. The SMILES string of the molecule is Cn1c(CN2C[C@@H]3[C@@H](COc4ccccc4)[C@@H]3C2)nc2ccc(N=C(c3ccccc3)c3ccccc3)cc21. The smallest absolute Gasteiger partial charge is 0.123 e. The first kappa shape index (κ1) is 23.9. The highest BCUT2D eigenvalue weighted by Crippen LogP contribution is 2.52. The van der Waals surface area contributed by atoms with Gasteiger partial charge in [-0.2, -0.15) is 0 Å². The number of hydrogen-bond acceptors (Lipinski definition) is 4. The standard InChI is InChI=1S/C34H32N4O/c1-37-32-19-26(35-34(24-11-5-2-6-12-24)25-13-7-3-8-14-25)17-18-31(32)36-33(37)22-38-20-28-29(21-38)30(28)23-39-27-15-9-4-10-16-27/h2-19,28-30H,20-23H2,1H3/t28-,29+,30+. The molecule has 7 rings (SSSR count). The van der Waals surface area contributed by atoms with E-state index in [0.29, 0.717) is 5.92 Å². The molecule has 1 aliphatic heterocycles. The molecule has 1 saturated carbocycles. The first-order chi connectivity index (χ1) is 19.2. The van der Waals surface area contributed by atoms with Crippen LogP contribution in [0.4, 0.5) is 5.69 Å². The largest absolute Gasteiger partial charge is 0.493 e. The summed E-state index contributed by atoms with van der Waals surface area (Å²) in [6.07, 6.45) is 0. The molecule has 4 aromatic carbocycles. The number of benzene rings is 4. The fourth-order valence-corrected chi connectivity index (χ4v) is 6.08. The number of ether oxygens (including phenoxy) is 1. The molecule has 0 spiro atoms. The molecule has 2 heterocycles. The van der Waals surface area contributed by atoms with Crippen molar-refractivity contribution in [2.75, 3.05) is 19.7 Å². The number of piperidine rings is 1. The van der Waals surface area contributed by atoms with Gasteiger partial charge in [0.05, 0.1) is 35.6 Å². The molecule has 0 unspecified atom stereocenters. The van der Waals surface area contributed by atoms with Crippen LogP contribution >= 0.6 is 0 Å². The highest BCUT2D eigenvalue weighted by Gasteiger charge is 2.55. The van der Waals surface area contributed by atoms with Crippen LogP contribution in [-0.4, -0.2) is 39.9 Å². The highest BCUT2D eigenvalue weighted by atomic mass is 16.5. The Hall–Kier alpha value is -4.22. The van der Waals surface area contributed by atoms with Gasteiger partial charge in [0.25, 0.3) is 0 Å². The summed E-state index contributed by atoms with van der Waals surface area (Å²) in [6.45, 7) is 3.96. The predicted molar refractivity (Wildman–Crippen MR) is 157 cm³/mol. The summed E-state index contributed by atoms with van der Waals surface area (Å²) in [7, 11) is 2.13. The van der Waals surface area contributed by atoms with Crippen molar-refractivity contribution in [3.8, 4) is 5.75 Å². The Bertz CT molecular complexity index is 1560. The molecule has 1 aliphatic carbocycles. The minimum atomic E-state index is 0.686. The van der Waals surface area contributed by atoms with Crippen molar-refractivity contribution in [2.45, 2.75) is 6.54 Å². The molecule has 0 N–H and O–H groups in total. The van der Waals surface area contributed by atoms with Gasteiger partial charge in [-0.05, 0) is 42.2 Å². The van der Waals surface area contributed by atoms with Gasteiger partial charge < -0.3 is 9.30 Å². The van der Waals surface area contributed by atoms with Crippen LogP contribution < -0.4 is 4.74 Å². The van der Waals surface area contributed by atoms with Crippen molar-refractivity contribution < 1.29 is 4.74 Å². The average molecular weight is 513 g/mol. The van der Waals surface area contributed by atoms with E-state index in [1.165, 1.54) is 0 Å². The molecule has 3 atom stereocenters. The van der Waals surface area contributed by atoms with Crippen LogP contribution in [0.2, 0.25) is 0 Å². The minimum absolute atomic E-state index is 0.686. The molecule has 1 aromatic heterocycles. The fraction of sp³-hybridized carbons (Fsp3) is 0.235. The van der Waals surface area contributed by atoms with Crippen LogP contribution in [0.3, 0.4) is 0 Å². The average Bonchev–Trinajstić information content (AvgIpc) is 3.28. The number of rotatable bonds is 8. The number of imidazole rings is 1.